The molecule has 0 fully saturated rings. The Bertz CT molecular complexity index is 326. The van der Waals surface area contributed by atoms with E-state index in [9.17, 15) is 4.79 Å². The van der Waals surface area contributed by atoms with Crippen LogP contribution in [0.5, 0.6) is 5.75 Å². The maximum absolute atomic E-state index is 11.5. The molecule has 0 aliphatic rings. The zero-order chi connectivity index (χ0) is 11.3. The van der Waals surface area contributed by atoms with E-state index in [2.05, 4.69) is 5.32 Å². The van der Waals surface area contributed by atoms with E-state index in [1.807, 2.05) is 0 Å². The Morgan fingerprint density at radius 2 is 2.47 bits per heavy atom. The number of nitrogens with one attached hydrogen (secondary N) is 1. The fourth-order valence-electron chi connectivity index (χ4n) is 0.979. The van der Waals surface area contributed by atoms with Gasteiger partial charge in [0.1, 0.15) is 10.6 Å². The fraction of sp³-hybridized carbons (Fsp3) is 0.444. The topological polar surface area (TPSA) is 78.8 Å². The number of rotatable bonds is 5. The van der Waals surface area contributed by atoms with Crippen molar-refractivity contribution in [3.05, 3.63) is 16.3 Å². The number of carbonyl (C=O) groups excluding carboxylic acids is 1. The largest absolute Gasteiger partial charge is 0.495 e. The first-order valence-electron chi connectivity index (χ1n) is 4.37. The summed E-state index contributed by atoms with van der Waals surface area (Å²) in [6, 6.07) is 1.70. The van der Waals surface area contributed by atoms with Crippen LogP contribution in [0.1, 0.15) is 9.67 Å². The van der Waals surface area contributed by atoms with Crippen molar-refractivity contribution in [3.63, 3.8) is 0 Å². The number of carbonyl (C=O) groups is 1. The number of thiophene rings is 1. The average Bonchev–Trinajstić information content (AvgIpc) is 2.73. The summed E-state index contributed by atoms with van der Waals surface area (Å²) in [6.07, 6.45) is -0.931. The Morgan fingerprint density at radius 1 is 1.73 bits per heavy atom. The van der Waals surface area contributed by atoms with Gasteiger partial charge in [-0.25, -0.2) is 0 Å². The minimum Gasteiger partial charge on any atom is -0.495 e. The SMILES string of the molecule is COc1ccsc1C(=O)NCC(O)CO. The van der Waals surface area contributed by atoms with Crippen LogP contribution in [0.4, 0.5) is 0 Å². The summed E-state index contributed by atoms with van der Waals surface area (Å²) < 4.78 is 4.98. The van der Waals surface area contributed by atoms with Crippen LogP contribution >= 0.6 is 11.3 Å². The maximum atomic E-state index is 11.5. The number of aliphatic hydroxyl groups is 2. The summed E-state index contributed by atoms with van der Waals surface area (Å²) in [5.41, 5.74) is 0. The van der Waals surface area contributed by atoms with Gasteiger partial charge in [0.15, 0.2) is 0 Å². The van der Waals surface area contributed by atoms with Crippen molar-refractivity contribution in [2.45, 2.75) is 6.10 Å². The second-order valence-electron chi connectivity index (χ2n) is 2.86. The Labute approximate surface area is 91.3 Å². The minimum absolute atomic E-state index is 0.0242. The monoisotopic (exact) mass is 231 g/mol. The summed E-state index contributed by atoms with van der Waals surface area (Å²) in [4.78, 5) is 12.0. The molecule has 0 saturated carbocycles. The Balaban J connectivity index is 2.54. The van der Waals surface area contributed by atoms with Gasteiger partial charge < -0.3 is 20.3 Å². The van der Waals surface area contributed by atoms with Gasteiger partial charge in [-0.1, -0.05) is 0 Å². The molecule has 0 aliphatic carbocycles. The summed E-state index contributed by atoms with van der Waals surface area (Å²) in [6.45, 7) is -0.349. The van der Waals surface area contributed by atoms with Gasteiger partial charge in [-0.3, -0.25) is 4.79 Å². The van der Waals surface area contributed by atoms with Crippen molar-refractivity contribution in [1.29, 1.82) is 0 Å². The lowest BCUT2D eigenvalue weighted by Gasteiger charge is -2.08. The molecule has 84 valence electrons. The molecule has 6 heteroatoms. The van der Waals surface area contributed by atoms with Crippen molar-refractivity contribution < 1.29 is 19.7 Å². The average molecular weight is 231 g/mol. The zero-order valence-corrected chi connectivity index (χ0v) is 9.08. The van der Waals surface area contributed by atoms with Gasteiger partial charge in [0.05, 0.1) is 19.8 Å². The van der Waals surface area contributed by atoms with Crippen LogP contribution in [0.25, 0.3) is 0 Å². The molecule has 0 spiro atoms. The number of hydrogen-bond acceptors (Lipinski definition) is 5. The Kier molecular flexibility index (Phi) is 4.54. The number of aliphatic hydroxyl groups excluding tert-OH is 2. The Hall–Kier alpha value is -1.11. The highest BCUT2D eigenvalue weighted by molar-refractivity contribution is 7.12. The third kappa shape index (κ3) is 3.19. The van der Waals surface area contributed by atoms with Crippen molar-refractivity contribution in [3.8, 4) is 5.75 Å². The third-order valence-electron chi connectivity index (χ3n) is 1.76. The molecular weight excluding hydrogens is 218 g/mol. The van der Waals surface area contributed by atoms with Crippen LogP contribution in [0.15, 0.2) is 11.4 Å². The molecule has 15 heavy (non-hydrogen) atoms. The molecule has 1 amide bonds. The molecule has 0 radical (unpaired) electrons. The van der Waals surface area contributed by atoms with Gasteiger partial charge in [-0.05, 0) is 11.4 Å². The second kappa shape index (κ2) is 5.69. The van der Waals surface area contributed by atoms with E-state index in [4.69, 9.17) is 14.9 Å². The molecule has 1 unspecified atom stereocenters. The molecule has 0 aliphatic heterocycles. The molecule has 3 N–H and O–H groups in total. The van der Waals surface area contributed by atoms with E-state index >= 15 is 0 Å². The van der Waals surface area contributed by atoms with Gasteiger partial charge in [0.2, 0.25) is 0 Å². The van der Waals surface area contributed by atoms with Gasteiger partial charge in [-0.15, -0.1) is 11.3 Å². The highest BCUT2D eigenvalue weighted by Crippen LogP contribution is 2.23. The molecule has 0 bridgehead atoms. The first kappa shape index (κ1) is 12.0. The van der Waals surface area contributed by atoms with Gasteiger partial charge in [0, 0.05) is 6.54 Å². The molecule has 1 heterocycles. The molecule has 1 aromatic heterocycles. The first-order valence-corrected chi connectivity index (χ1v) is 5.25. The normalized spacial score (nSPS) is 12.2. The smallest absolute Gasteiger partial charge is 0.265 e. The number of methoxy groups -OCH3 is 1. The van der Waals surface area contributed by atoms with Crippen molar-refractivity contribution in [1.82, 2.24) is 5.32 Å². The van der Waals surface area contributed by atoms with Crippen LogP contribution in [0.3, 0.4) is 0 Å². The van der Waals surface area contributed by atoms with E-state index in [1.54, 1.807) is 11.4 Å². The van der Waals surface area contributed by atoms with Crippen LogP contribution in [0.2, 0.25) is 0 Å². The molecule has 1 atom stereocenters. The predicted octanol–water partition coefficient (Wildman–Crippen LogP) is -0.160. The lowest BCUT2D eigenvalue weighted by Crippen LogP contribution is -2.33. The molecular formula is C9H13NO4S. The minimum atomic E-state index is -0.931. The first-order chi connectivity index (χ1) is 7.19. The quantitative estimate of drug-likeness (QED) is 0.658. The molecule has 5 nitrogen and oxygen atoms in total. The molecule has 1 rings (SSSR count). The fourth-order valence-corrected chi connectivity index (χ4v) is 1.75. The lowest BCUT2D eigenvalue weighted by molar-refractivity contribution is 0.0803. The number of ether oxygens (including phenoxy) is 1. The maximum Gasteiger partial charge on any atom is 0.265 e. The van der Waals surface area contributed by atoms with Crippen LogP contribution in [0, 0.1) is 0 Å². The number of hydrogen-bond donors (Lipinski definition) is 3. The summed E-state index contributed by atoms with van der Waals surface area (Å²) in [5, 5.41) is 21.8. The predicted molar refractivity (Wildman–Crippen MR) is 56.3 cm³/mol. The van der Waals surface area contributed by atoms with E-state index in [-0.39, 0.29) is 19.1 Å². The molecule has 0 saturated heterocycles. The van der Waals surface area contributed by atoms with E-state index < -0.39 is 6.10 Å². The highest BCUT2D eigenvalue weighted by Gasteiger charge is 2.14. The third-order valence-corrected chi connectivity index (χ3v) is 2.66. The standard InChI is InChI=1S/C9H13NO4S/c1-14-7-2-3-15-8(7)9(13)10-4-6(12)5-11/h2-3,6,11-12H,4-5H2,1H3,(H,10,13). The van der Waals surface area contributed by atoms with Crippen LogP contribution < -0.4 is 10.1 Å². The summed E-state index contributed by atoms with van der Waals surface area (Å²) >= 11 is 1.26. The molecule has 0 aromatic carbocycles. The van der Waals surface area contributed by atoms with E-state index in [1.165, 1.54) is 18.4 Å². The number of amides is 1. The lowest BCUT2D eigenvalue weighted by atomic mass is 10.3. The van der Waals surface area contributed by atoms with E-state index in [0.717, 1.165) is 0 Å². The van der Waals surface area contributed by atoms with E-state index in [0.29, 0.717) is 10.6 Å². The van der Waals surface area contributed by atoms with Crippen LogP contribution in [-0.4, -0.2) is 42.5 Å². The van der Waals surface area contributed by atoms with Crippen molar-refractivity contribution >= 4 is 17.2 Å². The second-order valence-corrected chi connectivity index (χ2v) is 3.78. The summed E-state index contributed by atoms with van der Waals surface area (Å²) in [7, 11) is 1.49. The molecule has 1 aromatic rings. The zero-order valence-electron chi connectivity index (χ0n) is 8.27. The van der Waals surface area contributed by atoms with Crippen LogP contribution in [-0.2, 0) is 0 Å². The van der Waals surface area contributed by atoms with Gasteiger partial charge in [-0.2, -0.15) is 0 Å². The highest BCUT2D eigenvalue weighted by atomic mass is 32.1. The van der Waals surface area contributed by atoms with Gasteiger partial charge >= 0.3 is 0 Å². The van der Waals surface area contributed by atoms with Gasteiger partial charge in [0.25, 0.3) is 5.91 Å². The summed E-state index contributed by atoms with van der Waals surface area (Å²) in [5.74, 6) is 0.199. The Morgan fingerprint density at radius 3 is 3.07 bits per heavy atom. The van der Waals surface area contributed by atoms with Crippen molar-refractivity contribution in [2.75, 3.05) is 20.3 Å². The van der Waals surface area contributed by atoms with Crippen molar-refractivity contribution in [2.24, 2.45) is 0 Å².